The van der Waals surface area contributed by atoms with Crippen molar-refractivity contribution in [3.8, 4) is 5.88 Å². The SMILES string of the molecule is Cc1nc2c(C(=O)N3CCC(F)(F)C(Oc4ccc5ccccc5n4)C3)cccc2[nH]1. The van der Waals surface area contributed by atoms with Crippen molar-refractivity contribution in [2.75, 3.05) is 13.1 Å². The number of likely N-dealkylation sites (tertiary alicyclic amines) is 1. The predicted octanol–water partition coefficient (Wildman–Crippen LogP) is 4.35. The maximum atomic E-state index is 14.7. The number of aromatic nitrogens is 3. The molecule has 0 bridgehead atoms. The zero-order valence-electron chi connectivity index (χ0n) is 16.8. The molecular formula is C23H20F2N4O2. The summed E-state index contributed by atoms with van der Waals surface area (Å²) in [4.78, 5) is 26.4. The molecule has 6 nitrogen and oxygen atoms in total. The molecule has 4 aromatic rings. The van der Waals surface area contributed by atoms with E-state index in [2.05, 4.69) is 15.0 Å². The minimum absolute atomic E-state index is 0.0589. The molecular weight excluding hydrogens is 402 g/mol. The molecule has 1 aliphatic rings. The summed E-state index contributed by atoms with van der Waals surface area (Å²) >= 11 is 0. The number of carbonyl (C=O) groups is 1. The number of carbonyl (C=O) groups excluding carboxylic acids is 1. The third kappa shape index (κ3) is 3.58. The van der Waals surface area contributed by atoms with Crippen LogP contribution in [0.25, 0.3) is 21.9 Å². The Balaban J connectivity index is 1.41. The zero-order chi connectivity index (χ0) is 21.6. The molecule has 1 N–H and O–H groups in total. The lowest BCUT2D eigenvalue weighted by molar-refractivity contribution is -0.131. The highest BCUT2D eigenvalue weighted by Crippen LogP contribution is 2.33. The van der Waals surface area contributed by atoms with Crippen molar-refractivity contribution in [1.82, 2.24) is 19.9 Å². The molecule has 1 fully saturated rings. The van der Waals surface area contributed by atoms with Crippen molar-refractivity contribution in [3.05, 3.63) is 66.0 Å². The number of imidazole rings is 1. The van der Waals surface area contributed by atoms with Gasteiger partial charge in [0.15, 0.2) is 6.10 Å². The molecule has 0 saturated carbocycles. The zero-order valence-corrected chi connectivity index (χ0v) is 16.8. The van der Waals surface area contributed by atoms with E-state index in [1.54, 1.807) is 37.3 Å². The molecule has 2 aromatic heterocycles. The highest BCUT2D eigenvalue weighted by atomic mass is 19.3. The van der Waals surface area contributed by atoms with Gasteiger partial charge >= 0.3 is 0 Å². The number of hydrogen-bond donors (Lipinski definition) is 1. The first-order valence-corrected chi connectivity index (χ1v) is 10.1. The Morgan fingerprint density at radius 3 is 2.84 bits per heavy atom. The summed E-state index contributed by atoms with van der Waals surface area (Å²) in [5.74, 6) is -2.61. The van der Waals surface area contributed by atoms with Gasteiger partial charge in [0.2, 0.25) is 5.88 Å². The molecule has 31 heavy (non-hydrogen) atoms. The number of aryl methyl sites for hydroxylation is 1. The number of nitrogens with zero attached hydrogens (tertiary/aromatic N) is 3. The molecule has 2 aromatic carbocycles. The number of piperidine rings is 1. The Labute approximate surface area is 176 Å². The summed E-state index contributed by atoms with van der Waals surface area (Å²) in [5, 5.41) is 0.893. The first-order valence-electron chi connectivity index (χ1n) is 10.1. The largest absolute Gasteiger partial charge is 0.466 e. The van der Waals surface area contributed by atoms with Crippen molar-refractivity contribution >= 4 is 27.8 Å². The van der Waals surface area contributed by atoms with Gasteiger partial charge in [-0.1, -0.05) is 24.3 Å². The molecule has 1 atom stereocenters. The van der Waals surface area contributed by atoms with Gasteiger partial charge in [-0.15, -0.1) is 0 Å². The molecule has 1 unspecified atom stereocenters. The van der Waals surface area contributed by atoms with Crippen molar-refractivity contribution in [3.63, 3.8) is 0 Å². The van der Waals surface area contributed by atoms with E-state index < -0.39 is 18.4 Å². The van der Waals surface area contributed by atoms with Crippen molar-refractivity contribution < 1.29 is 18.3 Å². The monoisotopic (exact) mass is 422 g/mol. The molecule has 1 saturated heterocycles. The fourth-order valence-electron chi connectivity index (χ4n) is 3.93. The number of pyridine rings is 1. The van der Waals surface area contributed by atoms with Crippen LogP contribution in [0.4, 0.5) is 8.78 Å². The summed E-state index contributed by atoms with van der Waals surface area (Å²) in [6.07, 6.45) is -1.97. The van der Waals surface area contributed by atoms with Gasteiger partial charge in [0.25, 0.3) is 11.8 Å². The van der Waals surface area contributed by atoms with E-state index in [0.717, 1.165) is 10.9 Å². The van der Waals surface area contributed by atoms with Gasteiger partial charge < -0.3 is 14.6 Å². The highest BCUT2D eigenvalue weighted by Gasteiger charge is 2.47. The van der Waals surface area contributed by atoms with E-state index in [9.17, 15) is 13.6 Å². The second-order valence-corrected chi connectivity index (χ2v) is 7.73. The van der Waals surface area contributed by atoms with Crippen molar-refractivity contribution in [2.45, 2.75) is 25.4 Å². The maximum absolute atomic E-state index is 14.7. The van der Waals surface area contributed by atoms with Crippen LogP contribution in [0.5, 0.6) is 5.88 Å². The van der Waals surface area contributed by atoms with Crippen LogP contribution in [0.15, 0.2) is 54.6 Å². The molecule has 0 spiro atoms. The Kier molecular flexibility index (Phi) is 4.57. The van der Waals surface area contributed by atoms with E-state index in [-0.39, 0.29) is 24.9 Å². The van der Waals surface area contributed by atoms with Crippen LogP contribution in [-0.4, -0.2) is 50.9 Å². The number of para-hydroxylation sites is 2. The van der Waals surface area contributed by atoms with E-state index in [4.69, 9.17) is 4.74 Å². The van der Waals surface area contributed by atoms with Crippen molar-refractivity contribution in [2.24, 2.45) is 0 Å². The number of aromatic amines is 1. The van der Waals surface area contributed by atoms with Crippen LogP contribution < -0.4 is 4.74 Å². The normalized spacial score (nSPS) is 18.4. The molecule has 3 heterocycles. The number of nitrogens with one attached hydrogen (secondary N) is 1. The second kappa shape index (κ2) is 7.30. The Bertz CT molecular complexity index is 1290. The smallest absolute Gasteiger partial charge is 0.287 e. The number of hydrogen-bond acceptors (Lipinski definition) is 4. The number of rotatable bonds is 3. The summed E-state index contributed by atoms with van der Waals surface area (Å²) in [7, 11) is 0. The molecule has 8 heteroatoms. The number of benzene rings is 2. The summed E-state index contributed by atoms with van der Waals surface area (Å²) in [5.41, 5.74) is 2.32. The molecule has 1 amide bonds. The predicted molar refractivity (Wildman–Crippen MR) is 112 cm³/mol. The lowest BCUT2D eigenvalue weighted by Crippen LogP contribution is -2.55. The second-order valence-electron chi connectivity index (χ2n) is 7.73. The Morgan fingerprint density at radius 1 is 1.13 bits per heavy atom. The number of ether oxygens (including phenoxy) is 1. The van der Waals surface area contributed by atoms with Crippen molar-refractivity contribution in [1.29, 1.82) is 0 Å². The average molecular weight is 422 g/mol. The third-order valence-electron chi connectivity index (χ3n) is 5.56. The Morgan fingerprint density at radius 2 is 1.97 bits per heavy atom. The molecule has 0 radical (unpaired) electrons. The summed E-state index contributed by atoms with van der Waals surface area (Å²) in [6.45, 7) is 1.51. The topological polar surface area (TPSA) is 71.1 Å². The molecule has 0 aliphatic carbocycles. The van der Waals surface area contributed by atoms with Crippen LogP contribution >= 0.6 is 0 Å². The third-order valence-corrected chi connectivity index (χ3v) is 5.56. The van der Waals surface area contributed by atoms with Gasteiger partial charge in [0.05, 0.1) is 23.1 Å². The molecule has 158 valence electrons. The number of fused-ring (bicyclic) bond motifs is 2. The lowest BCUT2D eigenvalue weighted by Gasteiger charge is -2.38. The number of halogens is 2. The van der Waals surface area contributed by atoms with Gasteiger partial charge in [-0.2, -0.15) is 0 Å². The van der Waals surface area contributed by atoms with Crippen LogP contribution in [0.2, 0.25) is 0 Å². The maximum Gasteiger partial charge on any atom is 0.287 e. The van der Waals surface area contributed by atoms with Crippen LogP contribution in [0.3, 0.4) is 0 Å². The van der Waals surface area contributed by atoms with Gasteiger partial charge in [-0.3, -0.25) is 4.79 Å². The quantitative estimate of drug-likeness (QED) is 0.533. The fraction of sp³-hybridized carbons (Fsp3) is 0.261. The van der Waals surface area contributed by atoms with E-state index in [1.165, 1.54) is 4.90 Å². The molecule has 1 aliphatic heterocycles. The minimum Gasteiger partial charge on any atom is -0.466 e. The van der Waals surface area contributed by atoms with Gasteiger partial charge in [-0.05, 0) is 31.2 Å². The van der Waals surface area contributed by atoms with Gasteiger partial charge in [0, 0.05) is 24.4 Å². The first-order chi connectivity index (χ1) is 14.9. The number of alkyl halides is 2. The van der Waals surface area contributed by atoms with E-state index >= 15 is 0 Å². The first kappa shape index (κ1) is 19.4. The van der Waals surface area contributed by atoms with Crippen LogP contribution in [0, 0.1) is 6.92 Å². The minimum atomic E-state index is -3.07. The van der Waals surface area contributed by atoms with Gasteiger partial charge in [-0.25, -0.2) is 18.7 Å². The number of amides is 1. The summed E-state index contributed by atoms with van der Waals surface area (Å²) < 4.78 is 34.9. The van der Waals surface area contributed by atoms with E-state index in [1.807, 2.05) is 24.3 Å². The standard InChI is InChI=1S/C23H20F2N4O2/c1-14-26-18-8-4-6-16(21(18)27-14)22(30)29-12-11-23(24,25)19(13-29)31-20-10-9-15-5-2-3-7-17(15)28-20/h2-10,19H,11-13H2,1H3,(H,26,27). The lowest BCUT2D eigenvalue weighted by atomic mass is 10.0. The molecule has 5 rings (SSSR count). The van der Waals surface area contributed by atoms with Crippen LogP contribution in [0.1, 0.15) is 22.6 Å². The Hall–Kier alpha value is -3.55. The average Bonchev–Trinajstić information content (AvgIpc) is 3.15. The van der Waals surface area contributed by atoms with Gasteiger partial charge in [0.1, 0.15) is 11.3 Å². The number of H-pyrrole nitrogens is 1. The van der Waals surface area contributed by atoms with Crippen LogP contribution in [-0.2, 0) is 0 Å². The summed E-state index contributed by atoms with van der Waals surface area (Å²) in [6, 6.07) is 16.0. The highest BCUT2D eigenvalue weighted by molar-refractivity contribution is 6.05. The fourth-order valence-corrected chi connectivity index (χ4v) is 3.93. The van der Waals surface area contributed by atoms with E-state index in [0.29, 0.717) is 22.4 Å².